The molecule has 0 atom stereocenters. The Balaban J connectivity index is 1.67. The van der Waals surface area contributed by atoms with Gasteiger partial charge in [0.05, 0.1) is 0 Å². The number of benzene rings is 2. The molecule has 7 heteroatoms. The lowest BCUT2D eigenvalue weighted by molar-refractivity contribution is 0.0939. The fourth-order valence-electron chi connectivity index (χ4n) is 2.58. The van der Waals surface area contributed by atoms with E-state index in [1.54, 1.807) is 30.3 Å². The van der Waals surface area contributed by atoms with Crippen molar-refractivity contribution in [2.24, 2.45) is 5.73 Å². The maximum absolute atomic E-state index is 12.1. The average Bonchev–Trinajstić information content (AvgIpc) is 2.64. The number of hydrogen-bond donors (Lipinski definition) is 4. The molecule has 0 aliphatic heterocycles. The van der Waals surface area contributed by atoms with Crippen molar-refractivity contribution < 1.29 is 14.4 Å². The second-order valence-corrected chi connectivity index (χ2v) is 6.23. The maximum atomic E-state index is 12.1. The summed E-state index contributed by atoms with van der Waals surface area (Å²) in [6, 6.07) is 11.3. The number of aryl methyl sites for hydroxylation is 1. The van der Waals surface area contributed by atoms with E-state index in [1.165, 1.54) is 12.1 Å². The van der Waals surface area contributed by atoms with Gasteiger partial charge in [-0.3, -0.25) is 14.4 Å². The first-order valence-electron chi connectivity index (χ1n) is 8.71. The normalized spacial score (nSPS) is 10.3. The molecular formula is C20H24N4O3. The summed E-state index contributed by atoms with van der Waals surface area (Å²) in [4.78, 5) is 35.1. The molecule has 0 bridgehead atoms. The zero-order valence-electron chi connectivity index (χ0n) is 15.2. The summed E-state index contributed by atoms with van der Waals surface area (Å²) in [5.41, 5.74) is 13.7. The summed E-state index contributed by atoms with van der Waals surface area (Å²) >= 11 is 0. The smallest absolute Gasteiger partial charge is 0.251 e. The fourth-order valence-corrected chi connectivity index (χ4v) is 2.58. The van der Waals surface area contributed by atoms with Crippen LogP contribution in [0.2, 0.25) is 0 Å². The van der Waals surface area contributed by atoms with Gasteiger partial charge in [0, 0.05) is 35.5 Å². The number of rotatable bonds is 8. The molecule has 2 aromatic carbocycles. The van der Waals surface area contributed by atoms with Gasteiger partial charge in [-0.2, -0.15) is 0 Å². The number of nitrogens with one attached hydrogen (secondary N) is 2. The minimum atomic E-state index is -0.529. The molecule has 0 unspecified atom stereocenters. The third-order valence-corrected chi connectivity index (χ3v) is 4.10. The van der Waals surface area contributed by atoms with E-state index in [9.17, 15) is 14.4 Å². The van der Waals surface area contributed by atoms with E-state index in [4.69, 9.17) is 11.5 Å². The molecule has 2 rings (SSSR count). The van der Waals surface area contributed by atoms with Crippen molar-refractivity contribution in [2.45, 2.75) is 19.8 Å². The molecule has 7 nitrogen and oxygen atoms in total. The Hall–Kier alpha value is -3.35. The number of nitrogen functional groups attached to an aromatic ring is 1. The highest BCUT2D eigenvalue weighted by Gasteiger charge is 2.09. The number of anilines is 1. The van der Waals surface area contributed by atoms with Crippen molar-refractivity contribution in [3.05, 3.63) is 64.7 Å². The van der Waals surface area contributed by atoms with E-state index in [1.807, 2.05) is 6.92 Å². The molecule has 6 N–H and O–H groups in total. The van der Waals surface area contributed by atoms with Crippen LogP contribution in [0, 0.1) is 6.92 Å². The first-order chi connectivity index (χ1) is 12.9. The van der Waals surface area contributed by atoms with Crippen LogP contribution in [0.15, 0.2) is 42.5 Å². The van der Waals surface area contributed by atoms with Gasteiger partial charge in [0.25, 0.3) is 11.8 Å². The van der Waals surface area contributed by atoms with Gasteiger partial charge in [-0.05, 0) is 67.8 Å². The van der Waals surface area contributed by atoms with Crippen molar-refractivity contribution in [1.82, 2.24) is 10.6 Å². The summed E-state index contributed by atoms with van der Waals surface area (Å²) < 4.78 is 0. The molecule has 142 valence electrons. The van der Waals surface area contributed by atoms with Crippen LogP contribution in [0.1, 0.15) is 49.5 Å². The quantitative estimate of drug-likeness (QED) is 0.417. The highest BCUT2D eigenvalue weighted by Crippen LogP contribution is 2.12. The lowest BCUT2D eigenvalue weighted by Gasteiger charge is -2.09. The number of primary amides is 1. The molecule has 0 saturated carbocycles. The minimum absolute atomic E-state index is 0.133. The van der Waals surface area contributed by atoms with Crippen LogP contribution in [0.3, 0.4) is 0 Å². The number of hydrogen-bond acceptors (Lipinski definition) is 4. The third kappa shape index (κ3) is 5.85. The second kappa shape index (κ2) is 9.38. The number of carbonyl (C=O) groups is 3. The van der Waals surface area contributed by atoms with E-state index in [0.717, 1.165) is 18.4 Å². The molecule has 0 aliphatic rings. The van der Waals surface area contributed by atoms with Crippen molar-refractivity contribution in [2.75, 3.05) is 18.8 Å². The molecular weight excluding hydrogens is 344 g/mol. The van der Waals surface area contributed by atoms with Gasteiger partial charge in [0.1, 0.15) is 0 Å². The van der Waals surface area contributed by atoms with E-state index < -0.39 is 5.91 Å². The fraction of sp³-hybridized carbons (Fsp3) is 0.250. The summed E-state index contributed by atoms with van der Waals surface area (Å²) in [5.74, 6) is -0.878. The Morgan fingerprint density at radius 2 is 1.41 bits per heavy atom. The Bertz CT molecular complexity index is 832. The Morgan fingerprint density at radius 1 is 0.852 bits per heavy atom. The van der Waals surface area contributed by atoms with Crippen molar-refractivity contribution >= 4 is 23.4 Å². The Kier molecular flexibility index (Phi) is 6.93. The molecule has 0 aliphatic carbocycles. The van der Waals surface area contributed by atoms with Crippen LogP contribution < -0.4 is 22.1 Å². The molecule has 0 heterocycles. The highest BCUT2D eigenvalue weighted by molar-refractivity contribution is 5.97. The summed E-state index contributed by atoms with van der Waals surface area (Å²) in [7, 11) is 0. The van der Waals surface area contributed by atoms with Gasteiger partial charge in [0.2, 0.25) is 5.91 Å². The Labute approximate surface area is 158 Å². The first kappa shape index (κ1) is 20.0. The molecule has 0 radical (unpaired) electrons. The molecule has 0 spiro atoms. The van der Waals surface area contributed by atoms with Crippen LogP contribution in [0.4, 0.5) is 5.69 Å². The number of carbonyl (C=O) groups excluding carboxylic acids is 3. The lowest BCUT2D eigenvalue weighted by Crippen LogP contribution is -2.27. The molecule has 2 aromatic rings. The zero-order valence-corrected chi connectivity index (χ0v) is 15.2. The van der Waals surface area contributed by atoms with Crippen LogP contribution in [-0.4, -0.2) is 30.8 Å². The lowest BCUT2D eigenvalue weighted by atomic mass is 10.1. The molecule has 0 aromatic heterocycles. The van der Waals surface area contributed by atoms with Gasteiger partial charge in [-0.25, -0.2) is 0 Å². The van der Waals surface area contributed by atoms with Gasteiger partial charge in [-0.15, -0.1) is 0 Å². The maximum Gasteiger partial charge on any atom is 0.251 e. The SMILES string of the molecule is Cc1cc(N)ccc1C(=O)NCCCCNC(=O)c1ccc(C(N)=O)cc1. The molecule has 3 amide bonds. The standard InChI is InChI=1S/C20H24N4O3/c1-13-12-16(21)8-9-17(13)20(27)24-11-3-2-10-23-19(26)15-6-4-14(5-7-15)18(22)25/h4-9,12H,2-3,10-11,21H2,1H3,(H2,22,25)(H,23,26)(H,24,27). The monoisotopic (exact) mass is 368 g/mol. The molecule has 0 fully saturated rings. The van der Waals surface area contributed by atoms with Crippen molar-refractivity contribution in [1.29, 1.82) is 0 Å². The highest BCUT2D eigenvalue weighted by atomic mass is 16.2. The van der Waals surface area contributed by atoms with E-state index in [2.05, 4.69) is 10.6 Å². The van der Waals surface area contributed by atoms with Gasteiger partial charge < -0.3 is 22.1 Å². The number of amides is 3. The first-order valence-corrected chi connectivity index (χ1v) is 8.71. The Morgan fingerprint density at radius 3 is 1.96 bits per heavy atom. The molecule has 27 heavy (non-hydrogen) atoms. The predicted molar refractivity (Wildman–Crippen MR) is 104 cm³/mol. The van der Waals surface area contributed by atoms with E-state index in [0.29, 0.717) is 35.5 Å². The van der Waals surface area contributed by atoms with Gasteiger partial charge >= 0.3 is 0 Å². The third-order valence-electron chi connectivity index (χ3n) is 4.10. The molecule has 0 saturated heterocycles. The van der Waals surface area contributed by atoms with Crippen molar-refractivity contribution in [3.63, 3.8) is 0 Å². The van der Waals surface area contributed by atoms with E-state index in [-0.39, 0.29) is 11.8 Å². The van der Waals surface area contributed by atoms with Crippen LogP contribution in [0.25, 0.3) is 0 Å². The largest absolute Gasteiger partial charge is 0.399 e. The van der Waals surface area contributed by atoms with Crippen LogP contribution in [-0.2, 0) is 0 Å². The zero-order chi connectivity index (χ0) is 19.8. The minimum Gasteiger partial charge on any atom is -0.399 e. The summed E-state index contributed by atoms with van der Waals surface area (Å²) in [6.07, 6.45) is 1.47. The predicted octanol–water partition coefficient (Wildman–Crippen LogP) is 1.62. The van der Waals surface area contributed by atoms with Gasteiger partial charge in [-0.1, -0.05) is 0 Å². The number of nitrogens with two attached hydrogens (primary N) is 2. The summed E-state index contributed by atoms with van der Waals surface area (Å²) in [6.45, 7) is 2.86. The number of unbranched alkanes of at least 4 members (excludes halogenated alkanes) is 1. The van der Waals surface area contributed by atoms with E-state index >= 15 is 0 Å². The van der Waals surface area contributed by atoms with Crippen molar-refractivity contribution in [3.8, 4) is 0 Å². The second-order valence-electron chi connectivity index (χ2n) is 6.23. The summed E-state index contributed by atoms with van der Waals surface area (Å²) in [5, 5.41) is 5.66. The van der Waals surface area contributed by atoms with Gasteiger partial charge in [0.15, 0.2) is 0 Å². The van der Waals surface area contributed by atoms with Crippen LogP contribution >= 0.6 is 0 Å². The topological polar surface area (TPSA) is 127 Å². The average molecular weight is 368 g/mol. The van der Waals surface area contributed by atoms with Crippen LogP contribution in [0.5, 0.6) is 0 Å².